The van der Waals surface area contributed by atoms with Gasteiger partial charge in [-0.05, 0) is 26.0 Å². The van der Waals surface area contributed by atoms with Gasteiger partial charge in [0.05, 0.1) is 12.3 Å². The maximum Gasteiger partial charge on any atom is 0.115 e. The molecule has 3 heteroatoms. The predicted molar refractivity (Wildman–Crippen MR) is 54.1 cm³/mol. The predicted octanol–water partition coefficient (Wildman–Crippen LogP) is 2.37. The van der Waals surface area contributed by atoms with Gasteiger partial charge < -0.3 is 4.74 Å². The number of allylic oxidation sites excluding steroid dienone is 2. The summed E-state index contributed by atoms with van der Waals surface area (Å²) in [5, 5.41) is 8.95. The van der Waals surface area contributed by atoms with Crippen LogP contribution in [0.2, 0.25) is 0 Å². The van der Waals surface area contributed by atoms with Crippen LogP contribution in [0.25, 0.3) is 5.57 Å². The zero-order chi connectivity index (χ0) is 10.4. The van der Waals surface area contributed by atoms with E-state index in [0.29, 0.717) is 23.6 Å². The van der Waals surface area contributed by atoms with Crippen molar-refractivity contribution < 1.29 is 4.74 Å². The Balaban J connectivity index is 3.06. The van der Waals surface area contributed by atoms with Crippen molar-refractivity contribution in [2.24, 2.45) is 0 Å². The van der Waals surface area contributed by atoms with Gasteiger partial charge in [0.2, 0.25) is 0 Å². The van der Waals surface area contributed by atoms with E-state index in [9.17, 15) is 0 Å². The van der Waals surface area contributed by atoms with Gasteiger partial charge in [-0.25, -0.2) is 0 Å². The summed E-state index contributed by atoms with van der Waals surface area (Å²) in [5.41, 5.74) is 1.15. The van der Waals surface area contributed by atoms with Crippen molar-refractivity contribution in [1.82, 2.24) is 4.98 Å². The minimum Gasteiger partial charge on any atom is -0.497 e. The number of nitrogens with zero attached hydrogens (tertiary/aromatic N) is 2. The average molecular weight is 188 g/mol. The van der Waals surface area contributed by atoms with Crippen molar-refractivity contribution in [2.45, 2.75) is 13.8 Å². The molecule has 0 fully saturated rings. The first-order valence-corrected chi connectivity index (χ1v) is 4.44. The van der Waals surface area contributed by atoms with Gasteiger partial charge in [0.1, 0.15) is 17.4 Å². The number of hydrogen-bond donors (Lipinski definition) is 0. The third-order valence-corrected chi connectivity index (χ3v) is 1.75. The molecule has 0 radical (unpaired) electrons. The van der Waals surface area contributed by atoms with E-state index in [1.165, 1.54) is 0 Å². The number of nitriles is 1. The Morgan fingerprint density at radius 2 is 2.36 bits per heavy atom. The van der Waals surface area contributed by atoms with Crippen molar-refractivity contribution in [3.8, 4) is 6.07 Å². The summed E-state index contributed by atoms with van der Waals surface area (Å²) in [4.78, 5) is 4.09. The van der Waals surface area contributed by atoms with E-state index in [1.807, 2.05) is 19.1 Å². The molecule has 0 amide bonds. The molecule has 0 atom stereocenters. The lowest BCUT2D eigenvalue weighted by atomic mass is 10.1. The van der Waals surface area contributed by atoms with Crippen LogP contribution in [0.1, 0.15) is 19.5 Å². The molecule has 1 rings (SSSR count). The number of ether oxygens (including phenoxy) is 1. The van der Waals surface area contributed by atoms with Gasteiger partial charge in [-0.2, -0.15) is 5.26 Å². The highest BCUT2D eigenvalue weighted by molar-refractivity contribution is 5.75. The van der Waals surface area contributed by atoms with Crippen molar-refractivity contribution in [3.05, 3.63) is 35.8 Å². The molecule has 14 heavy (non-hydrogen) atoms. The lowest BCUT2D eigenvalue weighted by molar-refractivity contribution is 0.233. The highest BCUT2D eigenvalue weighted by Crippen LogP contribution is 2.15. The Bertz CT molecular complexity index is 363. The average Bonchev–Trinajstić information content (AvgIpc) is 2.21. The Hall–Kier alpha value is -1.82. The topological polar surface area (TPSA) is 45.9 Å². The Kier molecular flexibility index (Phi) is 3.69. The fraction of sp³-hybridized carbons (Fsp3) is 0.273. The monoisotopic (exact) mass is 188 g/mol. The van der Waals surface area contributed by atoms with Crippen LogP contribution in [0.3, 0.4) is 0 Å². The summed E-state index contributed by atoms with van der Waals surface area (Å²) in [6, 6.07) is 7.55. The van der Waals surface area contributed by atoms with Crippen molar-refractivity contribution >= 4 is 5.57 Å². The maximum atomic E-state index is 8.95. The summed E-state index contributed by atoms with van der Waals surface area (Å²) < 4.78 is 5.27. The van der Waals surface area contributed by atoms with Crippen molar-refractivity contribution in [2.75, 3.05) is 6.61 Å². The molecule has 0 unspecified atom stereocenters. The summed E-state index contributed by atoms with van der Waals surface area (Å²) in [5.74, 6) is 0.619. The van der Waals surface area contributed by atoms with Crippen LogP contribution in [-0.4, -0.2) is 11.6 Å². The lowest BCUT2D eigenvalue weighted by Crippen LogP contribution is -1.94. The summed E-state index contributed by atoms with van der Waals surface area (Å²) >= 11 is 0. The normalized spacial score (nSPS) is 11.5. The Morgan fingerprint density at radius 3 is 2.86 bits per heavy atom. The second-order valence-corrected chi connectivity index (χ2v) is 2.69. The summed E-state index contributed by atoms with van der Waals surface area (Å²) in [7, 11) is 0. The van der Waals surface area contributed by atoms with E-state index in [4.69, 9.17) is 10.00 Å². The molecular formula is C11H12N2O. The molecule has 72 valence electrons. The fourth-order valence-electron chi connectivity index (χ4n) is 1.12. The molecule has 0 saturated heterocycles. The molecule has 0 spiro atoms. The van der Waals surface area contributed by atoms with Crippen LogP contribution < -0.4 is 0 Å². The molecule has 0 bridgehead atoms. The van der Waals surface area contributed by atoms with Crippen LogP contribution >= 0.6 is 0 Å². The van der Waals surface area contributed by atoms with Crippen LogP contribution in [0, 0.1) is 11.3 Å². The van der Waals surface area contributed by atoms with Crippen LogP contribution in [0.5, 0.6) is 0 Å². The molecular weight excluding hydrogens is 176 g/mol. The molecule has 0 N–H and O–H groups in total. The summed E-state index contributed by atoms with van der Waals surface area (Å²) in [6.45, 7) is 4.22. The second kappa shape index (κ2) is 5.03. The third-order valence-electron chi connectivity index (χ3n) is 1.75. The summed E-state index contributed by atoms with van der Waals surface area (Å²) in [6.07, 6.45) is 1.66. The Morgan fingerprint density at radius 1 is 1.57 bits per heavy atom. The van der Waals surface area contributed by atoms with Gasteiger partial charge >= 0.3 is 0 Å². The molecule has 1 aromatic rings. The quantitative estimate of drug-likeness (QED) is 0.540. The zero-order valence-corrected chi connectivity index (χ0v) is 8.32. The zero-order valence-electron chi connectivity index (χ0n) is 8.32. The molecule has 0 saturated carbocycles. The van der Waals surface area contributed by atoms with E-state index in [-0.39, 0.29) is 0 Å². The van der Waals surface area contributed by atoms with Gasteiger partial charge in [0.25, 0.3) is 0 Å². The Labute approximate surface area is 83.7 Å². The van der Waals surface area contributed by atoms with Gasteiger partial charge in [-0.15, -0.1) is 0 Å². The molecule has 1 aromatic heterocycles. The standard InChI is InChI=1S/C11H12N2O/c1-3-14-9(2)10(8-12)11-6-4-5-7-13-11/h4-7H,3H2,1-2H3/b10-9-. The molecule has 0 aliphatic rings. The van der Waals surface area contributed by atoms with Gasteiger partial charge in [0.15, 0.2) is 0 Å². The number of pyridine rings is 1. The van der Waals surface area contributed by atoms with E-state index in [0.717, 1.165) is 0 Å². The van der Waals surface area contributed by atoms with E-state index < -0.39 is 0 Å². The smallest absolute Gasteiger partial charge is 0.115 e. The van der Waals surface area contributed by atoms with E-state index in [2.05, 4.69) is 11.1 Å². The molecule has 0 aliphatic heterocycles. The first kappa shape index (κ1) is 10.3. The van der Waals surface area contributed by atoms with Crippen molar-refractivity contribution in [1.29, 1.82) is 5.26 Å². The first-order chi connectivity index (χ1) is 6.79. The molecule has 0 aromatic carbocycles. The number of aromatic nitrogens is 1. The third kappa shape index (κ3) is 2.33. The van der Waals surface area contributed by atoms with Crippen molar-refractivity contribution in [3.63, 3.8) is 0 Å². The minimum atomic E-state index is 0.493. The number of rotatable bonds is 3. The SMILES string of the molecule is CCO/C(C)=C(/C#N)c1ccccn1. The largest absolute Gasteiger partial charge is 0.497 e. The number of hydrogen-bond acceptors (Lipinski definition) is 3. The molecule has 0 aliphatic carbocycles. The molecule has 1 heterocycles. The maximum absolute atomic E-state index is 8.95. The van der Waals surface area contributed by atoms with Crippen LogP contribution in [-0.2, 0) is 4.74 Å². The highest BCUT2D eigenvalue weighted by Gasteiger charge is 2.06. The van der Waals surface area contributed by atoms with Gasteiger partial charge in [0, 0.05) is 6.20 Å². The van der Waals surface area contributed by atoms with Crippen LogP contribution in [0.15, 0.2) is 30.2 Å². The van der Waals surface area contributed by atoms with Gasteiger partial charge in [-0.3, -0.25) is 4.98 Å². The fourth-order valence-corrected chi connectivity index (χ4v) is 1.12. The first-order valence-electron chi connectivity index (χ1n) is 4.44. The highest BCUT2D eigenvalue weighted by atomic mass is 16.5. The minimum absolute atomic E-state index is 0.493. The van der Waals surface area contributed by atoms with Gasteiger partial charge in [-0.1, -0.05) is 6.07 Å². The van der Waals surface area contributed by atoms with E-state index in [1.54, 1.807) is 19.2 Å². The van der Waals surface area contributed by atoms with E-state index >= 15 is 0 Å². The van der Waals surface area contributed by atoms with Crippen LogP contribution in [0.4, 0.5) is 0 Å². The second-order valence-electron chi connectivity index (χ2n) is 2.69. The lowest BCUT2D eigenvalue weighted by Gasteiger charge is -2.05. The molecule has 3 nitrogen and oxygen atoms in total.